The predicted molar refractivity (Wildman–Crippen MR) is 69.4 cm³/mol. The Morgan fingerprint density at radius 2 is 1.89 bits per heavy atom. The lowest BCUT2D eigenvalue weighted by Gasteiger charge is -2.24. The first-order valence-electron chi connectivity index (χ1n) is 6.55. The Hall–Kier alpha value is -1.52. The molecular weight excluding hydrogens is 232 g/mol. The molecule has 2 unspecified atom stereocenters. The summed E-state index contributed by atoms with van der Waals surface area (Å²) in [5, 5.41) is 11.7. The van der Waals surface area contributed by atoms with Crippen molar-refractivity contribution in [2.45, 2.75) is 39.2 Å². The molecule has 0 bridgehead atoms. The van der Waals surface area contributed by atoms with Crippen LogP contribution in [0.2, 0.25) is 0 Å². The zero-order valence-corrected chi connectivity index (χ0v) is 11.1. The highest BCUT2D eigenvalue weighted by Crippen LogP contribution is 2.18. The van der Waals surface area contributed by atoms with E-state index in [1.54, 1.807) is 17.1 Å². The van der Waals surface area contributed by atoms with E-state index < -0.39 is 11.9 Å². The monoisotopic (exact) mass is 254 g/mol. The molecule has 0 aromatic carbocycles. The van der Waals surface area contributed by atoms with E-state index in [-0.39, 0.29) is 12.1 Å². The number of carboxylic acid groups (broad SMARTS) is 1. The molecule has 0 saturated heterocycles. The molecule has 18 heavy (non-hydrogen) atoms. The van der Waals surface area contributed by atoms with Gasteiger partial charge in [0.2, 0.25) is 0 Å². The molecule has 0 aromatic heterocycles. The van der Waals surface area contributed by atoms with E-state index in [9.17, 15) is 9.59 Å². The Bertz CT molecular complexity index is 322. The summed E-state index contributed by atoms with van der Waals surface area (Å²) in [6.07, 6.45) is 5.72. The fraction of sp³-hybridized carbons (Fsp3) is 0.692. The quantitative estimate of drug-likeness (QED) is 0.711. The van der Waals surface area contributed by atoms with E-state index in [0.29, 0.717) is 6.42 Å². The highest BCUT2D eigenvalue weighted by Gasteiger charge is 2.26. The molecule has 0 fully saturated rings. The maximum atomic E-state index is 12.0. The first-order chi connectivity index (χ1) is 8.58. The van der Waals surface area contributed by atoms with Crippen LogP contribution in [0.25, 0.3) is 0 Å². The van der Waals surface area contributed by atoms with Crippen molar-refractivity contribution in [1.82, 2.24) is 10.2 Å². The third kappa shape index (κ3) is 4.05. The van der Waals surface area contributed by atoms with Gasteiger partial charge in [-0.05, 0) is 19.3 Å². The average molecular weight is 254 g/mol. The van der Waals surface area contributed by atoms with Crippen LogP contribution in [0.3, 0.4) is 0 Å². The lowest BCUT2D eigenvalue weighted by atomic mass is 10.1. The molecule has 1 aliphatic carbocycles. The van der Waals surface area contributed by atoms with Gasteiger partial charge in [0.15, 0.2) is 0 Å². The van der Waals surface area contributed by atoms with E-state index in [1.807, 2.05) is 13.8 Å². The molecule has 2 atom stereocenters. The Labute approximate surface area is 108 Å². The van der Waals surface area contributed by atoms with Crippen LogP contribution in [0.15, 0.2) is 12.2 Å². The number of hydrogen-bond acceptors (Lipinski definition) is 2. The van der Waals surface area contributed by atoms with Crippen LogP contribution in [0.4, 0.5) is 4.79 Å². The molecule has 0 spiro atoms. The van der Waals surface area contributed by atoms with Gasteiger partial charge in [0.1, 0.15) is 0 Å². The van der Waals surface area contributed by atoms with Gasteiger partial charge < -0.3 is 15.3 Å². The normalized spacial score (nSPS) is 21.9. The second-order valence-electron chi connectivity index (χ2n) is 4.61. The van der Waals surface area contributed by atoms with Crippen LogP contribution < -0.4 is 5.32 Å². The minimum absolute atomic E-state index is 0.0978. The molecule has 0 aliphatic heterocycles. The number of nitrogens with one attached hydrogen (secondary N) is 1. The summed E-state index contributed by atoms with van der Waals surface area (Å²) in [6, 6.07) is -0.255. The lowest BCUT2D eigenvalue weighted by molar-refractivity contribution is -0.140. The van der Waals surface area contributed by atoms with Crippen LogP contribution in [0.5, 0.6) is 0 Å². The molecule has 2 N–H and O–H groups in total. The van der Waals surface area contributed by atoms with E-state index in [0.717, 1.165) is 25.9 Å². The van der Waals surface area contributed by atoms with Gasteiger partial charge in [-0.3, -0.25) is 4.79 Å². The molecule has 0 aromatic rings. The SMILES string of the molecule is CCCN(CCC)C(=O)NC1C=CC(C(=O)O)C1. The highest BCUT2D eigenvalue weighted by molar-refractivity contribution is 5.76. The van der Waals surface area contributed by atoms with Gasteiger partial charge in [-0.25, -0.2) is 4.79 Å². The van der Waals surface area contributed by atoms with E-state index in [4.69, 9.17) is 5.11 Å². The van der Waals surface area contributed by atoms with E-state index in [2.05, 4.69) is 5.32 Å². The van der Waals surface area contributed by atoms with Gasteiger partial charge in [-0.15, -0.1) is 0 Å². The van der Waals surface area contributed by atoms with Crippen LogP contribution in [0.1, 0.15) is 33.1 Å². The molecule has 5 heteroatoms. The summed E-state index contributed by atoms with van der Waals surface area (Å²) < 4.78 is 0. The number of carboxylic acids is 1. The molecule has 0 heterocycles. The molecule has 1 aliphatic rings. The average Bonchev–Trinajstić information content (AvgIpc) is 2.77. The van der Waals surface area contributed by atoms with Gasteiger partial charge in [-0.2, -0.15) is 0 Å². The van der Waals surface area contributed by atoms with Gasteiger partial charge in [0.05, 0.1) is 12.0 Å². The summed E-state index contributed by atoms with van der Waals surface area (Å²) in [5.41, 5.74) is 0. The first kappa shape index (κ1) is 14.5. The first-order valence-corrected chi connectivity index (χ1v) is 6.55. The van der Waals surface area contributed by atoms with Crippen molar-refractivity contribution in [3.8, 4) is 0 Å². The Balaban J connectivity index is 2.44. The number of rotatable bonds is 6. The zero-order chi connectivity index (χ0) is 13.5. The number of urea groups is 1. The number of nitrogens with zero attached hydrogens (tertiary/aromatic N) is 1. The maximum absolute atomic E-state index is 12.0. The maximum Gasteiger partial charge on any atom is 0.317 e. The second kappa shape index (κ2) is 7.03. The molecule has 5 nitrogen and oxygen atoms in total. The van der Waals surface area contributed by atoms with Crippen molar-refractivity contribution in [2.24, 2.45) is 5.92 Å². The molecule has 0 saturated carbocycles. The van der Waals surface area contributed by atoms with Crippen molar-refractivity contribution in [1.29, 1.82) is 0 Å². The molecule has 1 rings (SSSR count). The zero-order valence-electron chi connectivity index (χ0n) is 11.1. The highest BCUT2D eigenvalue weighted by atomic mass is 16.4. The number of carbonyl (C=O) groups is 2. The smallest absolute Gasteiger partial charge is 0.317 e. The Morgan fingerprint density at radius 3 is 2.33 bits per heavy atom. The molecule has 102 valence electrons. The largest absolute Gasteiger partial charge is 0.481 e. The number of amides is 2. The molecular formula is C13H22N2O3. The van der Waals surface area contributed by atoms with Gasteiger partial charge in [0, 0.05) is 13.1 Å². The topological polar surface area (TPSA) is 69.6 Å². The number of hydrogen-bond donors (Lipinski definition) is 2. The summed E-state index contributed by atoms with van der Waals surface area (Å²) in [6.45, 7) is 5.54. The molecule has 2 amide bonds. The number of aliphatic carboxylic acids is 1. The summed E-state index contributed by atoms with van der Waals surface area (Å²) in [7, 11) is 0. The van der Waals surface area contributed by atoms with Crippen LogP contribution >= 0.6 is 0 Å². The second-order valence-corrected chi connectivity index (χ2v) is 4.61. The third-order valence-electron chi connectivity index (χ3n) is 2.98. The van der Waals surface area contributed by atoms with Gasteiger partial charge in [-0.1, -0.05) is 26.0 Å². The van der Waals surface area contributed by atoms with Crippen LogP contribution in [-0.4, -0.2) is 41.1 Å². The minimum Gasteiger partial charge on any atom is -0.481 e. The summed E-state index contributed by atoms with van der Waals surface area (Å²) in [4.78, 5) is 24.6. The third-order valence-corrected chi connectivity index (χ3v) is 2.98. The minimum atomic E-state index is -0.832. The van der Waals surface area contributed by atoms with Crippen molar-refractivity contribution in [3.05, 3.63) is 12.2 Å². The fourth-order valence-corrected chi connectivity index (χ4v) is 2.09. The van der Waals surface area contributed by atoms with Crippen molar-refractivity contribution in [3.63, 3.8) is 0 Å². The van der Waals surface area contributed by atoms with E-state index >= 15 is 0 Å². The van der Waals surface area contributed by atoms with Crippen molar-refractivity contribution < 1.29 is 14.7 Å². The van der Waals surface area contributed by atoms with Crippen LogP contribution in [0, 0.1) is 5.92 Å². The van der Waals surface area contributed by atoms with Crippen molar-refractivity contribution in [2.75, 3.05) is 13.1 Å². The van der Waals surface area contributed by atoms with Crippen LogP contribution in [-0.2, 0) is 4.79 Å². The fourth-order valence-electron chi connectivity index (χ4n) is 2.09. The lowest BCUT2D eigenvalue weighted by Crippen LogP contribution is -2.44. The molecule has 0 radical (unpaired) electrons. The van der Waals surface area contributed by atoms with E-state index in [1.165, 1.54) is 0 Å². The number of carbonyl (C=O) groups excluding carboxylic acids is 1. The standard InChI is InChI=1S/C13H22N2O3/c1-3-7-15(8-4-2)13(18)14-11-6-5-10(9-11)12(16)17/h5-6,10-11H,3-4,7-9H2,1-2H3,(H,14,18)(H,16,17). The Kier molecular flexibility index (Phi) is 5.68. The van der Waals surface area contributed by atoms with Gasteiger partial charge >= 0.3 is 12.0 Å². The van der Waals surface area contributed by atoms with Gasteiger partial charge in [0.25, 0.3) is 0 Å². The predicted octanol–water partition coefficient (Wildman–Crippen LogP) is 1.85. The summed E-state index contributed by atoms with van der Waals surface area (Å²) >= 11 is 0. The Morgan fingerprint density at radius 1 is 1.28 bits per heavy atom. The summed E-state index contributed by atoms with van der Waals surface area (Å²) in [5.74, 6) is -1.30. The van der Waals surface area contributed by atoms with Crippen molar-refractivity contribution >= 4 is 12.0 Å².